The van der Waals surface area contributed by atoms with E-state index >= 15 is 0 Å². The van der Waals surface area contributed by atoms with Crippen LogP contribution in [0, 0.1) is 0 Å². The lowest BCUT2D eigenvalue weighted by Gasteiger charge is -2.40. The second-order valence-electron chi connectivity index (χ2n) is 6.74. The molecule has 1 saturated carbocycles. The molecule has 0 bridgehead atoms. The number of aliphatic hydroxyl groups excluding tert-OH is 1. The molecule has 3 rings (SSSR count). The van der Waals surface area contributed by atoms with Gasteiger partial charge in [0.2, 0.25) is 0 Å². The SMILES string of the molecule is C[C@@H]1CN(Cc2nnc(C3CC3)n2C)CCN1C[C@@H](C)O. The Balaban J connectivity index is 1.57. The predicted octanol–water partition coefficient (Wildman–Crippen LogP) is 0.579. The van der Waals surface area contributed by atoms with Crippen molar-refractivity contribution in [3.8, 4) is 0 Å². The molecule has 118 valence electrons. The first-order valence-electron chi connectivity index (χ1n) is 8.07. The zero-order valence-electron chi connectivity index (χ0n) is 13.4. The molecule has 1 N–H and O–H groups in total. The van der Waals surface area contributed by atoms with Crippen LogP contribution in [0.4, 0.5) is 0 Å². The largest absolute Gasteiger partial charge is 0.392 e. The number of piperazine rings is 1. The molecule has 6 nitrogen and oxygen atoms in total. The van der Waals surface area contributed by atoms with Gasteiger partial charge in [-0.2, -0.15) is 0 Å². The standard InChI is InChI=1S/C15H27N5O/c1-11-8-19(6-7-20(11)9-12(2)21)10-14-16-17-15(18(14)3)13-4-5-13/h11-13,21H,4-10H2,1-3H3/t11-,12-/m1/s1. The highest BCUT2D eigenvalue weighted by Gasteiger charge is 2.30. The molecule has 1 aliphatic carbocycles. The van der Waals surface area contributed by atoms with Crippen molar-refractivity contribution >= 4 is 0 Å². The van der Waals surface area contributed by atoms with E-state index in [-0.39, 0.29) is 6.10 Å². The number of aliphatic hydroxyl groups is 1. The van der Waals surface area contributed by atoms with E-state index in [0.717, 1.165) is 44.4 Å². The molecule has 1 aromatic rings. The van der Waals surface area contributed by atoms with Gasteiger partial charge in [-0.25, -0.2) is 0 Å². The number of rotatable bonds is 5. The fourth-order valence-corrected chi connectivity index (χ4v) is 3.23. The first-order chi connectivity index (χ1) is 10.0. The van der Waals surface area contributed by atoms with Gasteiger partial charge in [0.05, 0.1) is 12.6 Å². The van der Waals surface area contributed by atoms with E-state index in [1.165, 1.54) is 12.8 Å². The number of hydrogen-bond acceptors (Lipinski definition) is 5. The maximum absolute atomic E-state index is 9.54. The zero-order valence-corrected chi connectivity index (χ0v) is 13.4. The third kappa shape index (κ3) is 3.44. The summed E-state index contributed by atoms with van der Waals surface area (Å²) in [5, 5.41) is 18.3. The average Bonchev–Trinajstić information content (AvgIpc) is 3.19. The minimum atomic E-state index is -0.251. The van der Waals surface area contributed by atoms with E-state index in [4.69, 9.17) is 0 Å². The summed E-state index contributed by atoms with van der Waals surface area (Å²) >= 11 is 0. The Bertz CT molecular complexity index is 482. The lowest BCUT2D eigenvalue weighted by atomic mass is 10.1. The molecule has 2 heterocycles. The van der Waals surface area contributed by atoms with Crippen molar-refractivity contribution in [2.45, 2.75) is 51.3 Å². The highest BCUT2D eigenvalue weighted by molar-refractivity contribution is 5.07. The maximum atomic E-state index is 9.54. The van der Waals surface area contributed by atoms with Gasteiger partial charge >= 0.3 is 0 Å². The van der Waals surface area contributed by atoms with E-state index in [2.05, 4.69) is 38.5 Å². The van der Waals surface area contributed by atoms with Gasteiger partial charge in [0.15, 0.2) is 0 Å². The minimum absolute atomic E-state index is 0.251. The van der Waals surface area contributed by atoms with Gasteiger partial charge in [-0.3, -0.25) is 9.80 Å². The van der Waals surface area contributed by atoms with Crippen molar-refractivity contribution in [3.63, 3.8) is 0 Å². The second kappa shape index (κ2) is 6.02. The number of aromatic nitrogens is 3. The predicted molar refractivity (Wildman–Crippen MR) is 81.0 cm³/mol. The van der Waals surface area contributed by atoms with Gasteiger partial charge in [-0.05, 0) is 26.7 Å². The topological polar surface area (TPSA) is 57.4 Å². The molecule has 2 fully saturated rings. The first kappa shape index (κ1) is 14.9. The lowest BCUT2D eigenvalue weighted by Crippen LogP contribution is -2.53. The summed E-state index contributed by atoms with van der Waals surface area (Å²) in [4.78, 5) is 4.82. The third-order valence-electron chi connectivity index (χ3n) is 4.65. The van der Waals surface area contributed by atoms with Gasteiger partial charge in [0, 0.05) is 45.2 Å². The molecular formula is C15H27N5O. The van der Waals surface area contributed by atoms with Crippen LogP contribution in [-0.4, -0.2) is 68.0 Å². The van der Waals surface area contributed by atoms with Crippen LogP contribution < -0.4 is 0 Å². The zero-order chi connectivity index (χ0) is 15.0. The molecule has 1 aromatic heterocycles. The molecule has 2 aliphatic rings. The van der Waals surface area contributed by atoms with Crippen molar-refractivity contribution in [3.05, 3.63) is 11.6 Å². The Labute approximate surface area is 126 Å². The average molecular weight is 293 g/mol. The molecular weight excluding hydrogens is 266 g/mol. The van der Waals surface area contributed by atoms with Gasteiger partial charge in [0.25, 0.3) is 0 Å². The quantitative estimate of drug-likeness (QED) is 0.860. The molecule has 0 radical (unpaired) electrons. The molecule has 0 spiro atoms. The summed E-state index contributed by atoms with van der Waals surface area (Å²) in [6.07, 6.45) is 2.28. The van der Waals surface area contributed by atoms with Gasteiger partial charge < -0.3 is 9.67 Å². The fraction of sp³-hybridized carbons (Fsp3) is 0.867. The van der Waals surface area contributed by atoms with E-state index in [1.54, 1.807) is 0 Å². The maximum Gasteiger partial charge on any atom is 0.146 e. The van der Waals surface area contributed by atoms with Crippen LogP contribution in [0.3, 0.4) is 0 Å². The smallest absolute Gasteiger partial charge is 0.146 e. The van der Waals surface area contributed by atoms with E-state index in [1.807, 2.05) is 6.92 Å². The molecule has 0 aromatic carbocycles. The summed E-state index contributed by atoms with van der Waals surface area (Å²) in [7, 11) is 2.09. The van der Waals surface area contributed by atoms with Crippen LogP contribution in [0.25, 0.3) is 0 Å². The minimum Gasteiger partial charge on any atom is -0.392 e. The Kier molecular flexibility index (Phi) is 4.28. The van der Waals surface area contributed by atoms with Gasteiger partial charge in [-0.1, -0.05) is 0 Å². The molecule has 0 unspecified atom stereocenters. The van der Waals surface area contributed by atoms with Crippen molar-refractivity contribution < 1.29 is 5.11 Å². The van der Waals surface area contributed by atoms with Crippen LogP contribution in [0.1, 0.15) is 44.3 Å². The Morgan fingerprint density at radius 2 is 2.05 bits per heavy atom. The Morgan fingerprint density at radius 1 is 1.29 bits per heavy atom. The molecule has 21 heavy (non-hydrogen) atoms. The molecule has 1 aliphatic heterocycles. The lowest BCUT2D eigenvalue weighted by molar-refractivity contribution is 0.0410. The van der Waals surface area contributed by atoms with Gasteiger partial charge in [0.1, 0.15) is 11.6 Å². The normalized spacial score (nSPS) is 26.2. The Morgan fingerprint density at radius 3 is 2.67 bits per heavy atom. The van der Waals surface area contributed by atoms with Crippen molar-refractivity contribution in [1.82, 2.24) is 24.6 Å². The number of hydrogen-bond donors (Lipinski definition) is 1. The van der Waals surface area contributed by atoms with Crippen molar-refractivity contribution in [2.75, 3.05) is 26.2 Å². The Hall–Kier alpha value is -0.980. The summed E-state index contributed by atoms with van der Waals surface area (Å²) < 4.78 is 2.19. The van der Waals surface area contributed by atoms with Crippen LogP contribution in [0.15, 0.2) is 0 Å². The molecule has 2 atom stereocenters. The highest BCUT2D eigenvalue weighted by Crippen LogP contribution is 2.38. The first-order valence-corrected chi connectivity index (χ1v) is 8.07. The molecule has 0 amide bonds. The second-order valence-corrected chi connectivity index (χ2v) is 6.74. The highest BCUT2D eigenvalue weighted by atomic mass is 16.3. The van der Waals surface area contributed by atoms with Crippen molar-refractivity contribution in [1.29, 1.82) is 0 Å². The number of β-amino-alcohol motifs (C(OH)–C–C–N with tert-alkyl or cyclic N) is 1. The van der Waals surface area contributed by atoms with Crippen molar-refractivity contribution in [2.24, 2.45) is 7.05 Å². The monoisotopic (exact) mass is 293 g/mol. The van der Waals surface area contributed by atoms with Crippen LogP contribution >= 0.6 is 0 Å². The third-order valence-corrected chi connectivity index (χ3v) is 4.65. The van der Waals surface area contributed by atoms with E-state index in [0.29, 0.717) is 12.0 Å². The number of nitrogens with zero attached hydrogens (tertiary/aromatic N) is 5. The fourth-order valence-electron chi connectivity index (χ4n) is 3.23. The van der Waals surface area contributed by atoms with Crippen LogP contribution in [-0.2, 0) is 13.6 Å². The van der Waals surface area contributed by atoms with E-state index in [9.17, 15) is 5.11 Å². The summed E-state index contributed by atoms with van der Waals surface area (Å²) in [5.41, 5.74) is 0. The summed E-state index contributed by atoms with van der Waals surface area (Å²) in [6, 6.07) is 0.476. The molecule has 1 saturated heterocycles. The van der Waals surface area contributed by atoms with Crippen LogP contribution in [0.2, 0.25) is 0 Å². The van der Waals surface area contributed by atoms with Gasteiger partial charge in [-0.15, -0.1) is 10.2 Å². The summed E-state index contributed by atoms with van der Waals surface area (Å²) in [5.74, 6) is 2.89. The molecule has 6 heteroatoms. The van der Waals surface area contributed by atoms with Crippen LogP contribution in [0.5, 0.6) is 0 Å². The van der Waals surface area contributed by atoms with E-state index < -0.39 is 0 Å². The summed E-state index contributed by atoms with van der Waals surface area (Å²) in [6.45, 7) is 8.81.